The zero-order valence-electron chi connectivity index (χ0n) is 11.2. The molecule has 106 valence electrons. The molecule has 0 saturated carbocycles. The van der Waals surface area contributed by atoms with Gasteiger partial charge in [0.1, 0.15) is 0 Å². The Kier molecular flexibility index (Phi) is 2.58. The summed E-state index contributed by atoms with van der Waals surface area (Å²) in [7, 11) is 0. The topological polar surface area (TPSA) is 71.8 Å². The lowest BCUT2D eigenvalue weighted by atomic mass is 10.1. The van der Waals surface area contributed by atoms with E-state index in [0.717, 1.165) is 29.7 Å². The predicted octanol–water partition coefficient (Wildman–Crippen LogP) is 0.625. The summed E-state index contributed by atoms with van der Waals surface area (Å²) in [6, 6.07) is 9.69. The van der Waals surface area contributed by atoms with Gasteiger partial charge in [0.05, 0.1) is 17.2 Å². The maximum atomic E-state index is 12.0. The minimum atomic E-state index is -0.423. The van der Waals surface area contributed by atoms with Crippen LogP contribution in [-0.2, 0) is 0 Å². The second-order valence-corrected chi connectivity index (χ2v) is 5.23. The van der Waals surface area contributed by atoms with Crippen molar-refractivity contribution < 1.29 is 0 Å². The Balaban J connectivity index is 1.95. The van der Waals surface area contributed by atoms with Crippen molar-refractivity contribution in [3.63, 3.8) is 0 Å². The first kappa shape index (κ1) is 12.2. The summed E-state index contributed by atoms with van der Waals surface area (Å²) in [4.78, 5) is 25.5. The second-order valence-electron chi connectivity index (χ2n) is 5.23. The number of aromatic amines is 1. The quantitative estimate of drug-likeness (QED) is 0.724. The fourth-order valence-corrected chi connectivity index (χ4v) is 2.78. The highest BCUT2D eigenvalue weighted by atomic mass is 16.2. The minimum Gasteiger partial charge on any atom is -0.342 e. The summed E-state index contributed by atoms with van der Waals surface area (Å²) in [5.74, 6) is 0. The fraction of sp³-hybridized carbons (Fsp3) is 0.200. The SMILES string of the molecule is O=c1ccn(-c2cccc3c2ccn3C2CNC2)c(=O)[nH]1. The van der Waals surface area contributed by atoms with Gasteiger partial charge < -0.3 is 9.88 Å². The van der Waals surface area contributed by atoms with Crippen molar-refractivity contribution in [3.8, 4) is 5.69 Å². The van der Waals surface area contributed by atoms with Crippen LogP contribution in [0.4, 0.5) is 0 Å². The van der Waals surface area contributed by atoms with Gasteiger partial charge in [-0.25, -0.2) is 4.79 Å². The summed E-state index contributed by atoms with van der Waals surface area (Å²) >= 11 is 0. The van der Waals surface area contributed by atoms with Crippen LogP contribution in [0.25, 0.3) is 16.6 Å². The Morgan fingerprint density at radius 3 is 2.62 bits per heavy atom. The molecule has 6 nitrogen and oxygen atoms in total. The molecule has 2 aromatic heterocycles. The average molecular weight is 282 g/mol. The van der Waals surface area contributed by atoms with Crippen LogP contribution in [0.3, 0.4) is 0 Å². The van der Waals surface area contributed by atoms with Gasteiger partial charge in [-0.3, -0.25) is 14.3 Å². The molecule has 6 heteroatoms. The molecule has 0 amide bonds. The van der Waals surface area contributed by atoms with Gasteiger partial charge in [0, 0.05) is 36.9 Å². The van der Waals surface area contributed by atoms with Gasteiger partial charge in [-0.05, 0) is 18.2 Å². The summed E-state index contributed by atoms with van der Waals surface area (Å²) < 4.78 is 3.69. The van der Waals surface area contributed by atoms with Gasteiger partial charge in [-0.1, -0.05) is 6.07 Å². The van der Waals surface area contributed by atoms with E-state index in [0.29, 0.717) is 6.04 Å². The minimum absolute atomic E-state index is 0.387. The Hall–Kier alpha value is -2.60. The van der Waals surface area contributed by atoms with Gasteiger partial charge in [0.25, 0.3) is 5.56 Å². The van der Waals surface area contributed by atoms with Gasteiger partial charge >= 0.3 is 5.69 Å². The molecule has 2 N–H and O–H groups in total. The number of nitrogens with one attached hydrogen (secondary N) is 2. The zero-order chi connectivity index (χ0) is 14.4. The highest BCUT2D eigenvalue weighted by molar-refractivity contribution is 5.88. The van der Waals surface area contributed by atoms with Crippen LogP contribution >= 0.6 is 0 Å². The molecule has 0 spiro atoms. The van der Waals surface area contributed by atoms with Crippen LogP contribution in [-0.4, -0.2) is 27.2 Å². The van der Waals surface area contributed by atoms with Gasteiger partial charge in [-0.2, -0.15) is 0 Å². The molecule has 1 fully saturated rings. The molecule has 0 unspecified atom stereocenters. The first-order valence-electron chi connectivity index (χ1n) is 6.87. The van der Waals surface area contributed by atoms with Crippen molar-refractivity contribution in [2.24, 2.45) is 0 Å². The van der Waals surface area contributed by atoms with E-state index in [9.17, 15) is 9.59 Å². The van der Waals surface area contributed by atoms with Gasteiger partial charge in [-0.15, -0.1) is 0 Å². The summed E-state index contributed by atoms with van der Waals surface area (Å²) in [6.45, 7) is 1.93. The van der Waals surface area contributed by atoms with E-state index in [2.05, 4.69) is 21.1 Å². The number of rotatable bonds is 2. The molecule has 21 heavy (non-hydrogen) atoms. The first-order valence-corrected chi connectivity index (χ1v) is 6.87. The largest absolute Gasteiger partial charge is 0.342 e. The molecule has 1 aliphatic rings. The Bertz CT molecular complexity index is 930. The van der Waals surface area contributed by atoms with Crippen molar-refractivity contribution in [2.75, 3.05) is 13.1 Å². The van der Waals surface area contributed by atoms with Crippen LogP contribution in [0.1, 0.15) is 6.04 Å². The third kappa shape index (κ3) is 1.84. The summed E-state index contributed by atoms with van der Waals surface area (Å²) in [6.07, 6.45) is 3.56. The Morgan fingerprint density at radius 2 is 1.90 bits per heavy atom. The molecule has 0 bridgehead atoms. The van der Waals surface area contributed by atoms with Gasteiger partial charge in [0.2, 0.25) is 0 Å². The molecular formula is C15H14N4O2. The maximum Gasteiger partial charge on any atom is 0.332 e. The molecular weight excluding hydrogens is 268 g/mol. The molecule has 4 rings (SSSR count). The number of H-pyrrole nitrogens is 1. The normalized spacial score (nSPS) is 15.2. The lowest BCUT2D eigenvalue weighted by molar-refractivity contribution is 0.352. The highest BCUT2D eigenvalue weighted by Gasteiger charge is 2.20. The lowest BCUT2D eigenvalue weighted by Crippen LogP contribution is -2.43. The van der Waals surface area contributed by atoms with E-state index in [-0.39, 0.29) is 5.56 Å². The van der Waals surface area contributed by atoms with Crippen molar-refractivity contribution in [3.05, 3.63) is 63.6 Å². The molecule has 1 aromatic carbocycles. The van der Waals surface area contributed by atoms with Crippen LogP contribution in [0, 0.1) is 0 Å². The molecule has 1 saturated heterocycles. The van der Waals surface area contributed by atoms with Crippen molar-refractivity contribution >= 4 is 10.9 Å². The average Bonchev–Trinajstić information content (AvgIpc) is 2.81. The fourth-order valence-electron chi connectivity index (χ4n) is 2.78. The second kappa shape index (κ2) is 4.46. The smallest absolute Gasteiger partial charge is 0.332 e. The van der Waals surface area contributed by atoms with E-state index in [1.165, 1.54) is 16.8 Å². The maximum absolute atomic E-state index is 12.0. The predicted molar refractivity (Wildman–Crippen MR) is 80.1 cm³/mol. The van der Waals surface area contributed by atoms with Crippen molar-refractivity contribution in [1.29, 1.82) is 0 Å². The van der Waals surface area contributed by atoms with E-state index in [1.807, 2.05) is 24.3 Å². The van der Waals surface area contributed by atoms with Crippen LogP contribution in [0.5, 0.6) is 0 Å². The molecule has 1 aliphatic heterocycles. The molecule has 3 aromatic rings. The van der Waals surface area contributed by atoms with E-state index < -0.39 is 5.69 Å². The van der Waals surface area contributed by atoms with Crippen molar-refractivity contribution in [2.45, 2.75) is 6.04 Å². The monoisotopic (exact) mass is 282 g/mol. The Labute approximate surface area is 119 Å². The molecule has 0 atom stereocenters. The highest BCUT2D eigenvalue weighted by Crippen LogP contribution is 2.26. The standard InChI is InChI=1S/C15H14N4O2/c20-14-5-7-19(15(21)17-14)13-3-1-2-12-11(13)4-6-18(12)10-8-16-9-10/h1-7,10,16H,8-9H2,(H,17,20,21). The number of fused-ring (bicyclic) bond motifs is 1. The summed E-state index contributed by atoms with van der Waals surface area (Å²) in [5, 5.41) is 4.26. The third-order valence-corrected chi connectivity index (χ3v) is 3.98. The molecule has 0 aliphatic carbocycles. The number of aromatic nitrogens is 3. The molecule has 0 radical (unpaired) electrons. The Morgan fingerprint density at radius 1 is 1.05 bits per heavy atom. The van der Waals surface area contributed by atoms with E-state index >= 15 is 0 Å². The first-order chi connectivity index (χ1) is 10.2. The van der Waals surface area contributed by atoms with Crippen LogP contribution < -0.4 is 16.6 Å². The lowest BCUT2D eigenvalue weighted by Gasteiger charge is -2.29. The van der Waals surface area contributed by atoms with Crippen LogP contribution in [0.15, 0.2) is 52.3 Å². The molecule has 3 heterocycles. The van der Waals surface area contributed by atoms with Gasteiger partial charge in [0.15, 0.2) is 0 Å². The third-order valence-electron chi connectivity index (χ3n) is 3.98. The number of hydrogen-bond acceptors (Lipinski definition) is 3. The van der Waals surface area contributed by atoms with E-state index in [4.69, 9.17) is 0 Å². The van der Waals surface area contributed by atoms with Crippen LogP contribution in [0.2, 0.25) is 0 Å². The number of nitrogens with zero attached hydrogens (tertiary/aromatic N) is 2. The zero-order valence-corrected chi connectivity index (χ0v) is 11.2. The van der Waals surface area contributed by atoms with Crippen molar-refractivity contribution in [1.82, 2.24) is 19.4 Å². The number of hydrogen-bond donors (Lipinski definition) is 2. The summed E-state index contributed by atoms with van der Waals surface area (Å²) in [5.41, 5.74) is 1.06. The number of benzene rings is 1. The van der Waals surface area contributed by atoms with E-state index in [1.54, 1.807) is 0 Å².